The fourth-order valence-electron chi connectivity index (χ4n) is 3.49. The third-order valence-corrected chi connectivity index (χ3v) is 5.15. The van der Waals surface area contributed by atoms with E-state index >= 15 is 0 Å². The lowest BCUT2D eigenvalue weighted by Crippen LogP contribution is -2.22. The van der Waals surface area contributed by atoms with E-state index in [9.17, 15) is 14.9 Å². The molecule has 0 amide bonds. The maximum absolute atomic E-state index is 13.0. The summed E-state index contributed by atoms with van der Waals surface area (Å²) < 4.78 is 5.75. The molecule has 1 aromatic heterocycles. The number of benzene rings is 2. The van der Waals surface area contributed by atoms with Crippen LogP contribution in [-0.4, -0.2) is 28.9 Å². The van der Waals surface area contributed by atoms with E-state index in [1.165, 1.54) is 18.3 Å². The Morgan fingerprint density at radius 1 is 1.10 bits per heavy atom. The van der Waals surface area contributed by atoms with Gasteiger partial charge in [-0.15, -0.1) is 0 Å². The lowest BCUT2D eigenvalue weighted by atomic mass is 10.0. The van der Waals surface area contributed by atoms with E-state index in [0.717, 1.165) is 11.3 Å². The Bertz CT molecular complexity index is 1180. The molecule has 0 unspecified atom stereocenters. The van der Waals surface area contributed by atoms with Crippen LogP contribution in [0.2, 0.25) is 0 Å². The number of hydrogen-bond donors (Lipinski definition) is 0. The van der Waals surface area contributed by atoms with Gasteiger partial charge in [0.2, 0.25) is 5.78 Å². The number of nitrogens with zero attached hydrogens (tertiary/aromatic N) is 3. The first-order valence-corrected chi connectivity index (χ1v) is 9.37. The van der Waals surface area contributed by atoms with Crippen LogP contribution in [-0.2, 0) is 4.79 Å². The molecule has 0 radical (unpaired) electrons. The van der Waals surface area contributed by atoms with Crippen molar-refractivity contribution in [1.29, 1.82) is 0 Å². The highest BCUT2D eigenvalue weighted by atomic mass is 16.6. The van der Waals surface area contributed by atoms with E-state index in [1.54, 1.807) is 24.3 Å². The predicted molar refractivity (Wildman–Crippen MR) is 113 cm³/mol. The zero-order valence-electron chi connectivity index (χ0n) is 16.5. The zero-order chi connectivity index (χ0) is 21.3. The first-order valence-electron chi connectivity index (χ1n) is 9.37. The van der Waals surface area contributed by atoms with Crippen molar-refractivity contribution in [2.75, 3.05) is 7.05 Å². The summed E-state index contributed by atoms with van der Waals surface area (Å²) in [5, 5.41) is 11.0. The van der Waals surface area contributed by atoms with Crippen LogP contribution in [0, 0.1) is 10.1 Å². The van der Waals surface area contributed by atoms with Crippen molar-refractivity contribution in [2.45, 2.75) is 13.0 Å². The van der Waals surface area contributed by atoms with Crippen molar-refractivity contribution < 1.29 is 14.1 Å². The molecule has 4 rings (SSSR count). The standard InChI is InChI=1S/C23H19N3O4/c1-15-21(23(27)22(25(15)2)16-7-4-3-5-8-16)24-14-19-11-12-20(30-19)17-9-6-10-18(13-17)26(28)29/h3-14,22H,1-2H3/t22-/m0/s1. The minimum absolute atomic E-state index is 0.00793. The van der Waals surface area contributed by atoms with Gasteiger partial charge in [-0.25, -0.2) is 4.99 Å². The van der Waals surface area contributed by atoms with Crippen molar-refractivity contribution in [3.05, 3.63) is 99.6 Å². The van der Waals surface area contributed by atoms with Crippen LogP contribution >= 0.6 is 0 Å². The molecule has 0 bridgehead atoms. The molecular weight excluding hydrogens is 382 g/mol. The molecule has 0 aliphatic carbocycles. The molecule has 0 spiro atoms. The Hall–Kier alpha value is -4.00. The Balaban J connectivity index is 1.57. The molecule has 1 atom stereocenters. The second kappa shape index (κ2) is 7.79. The summed E-state index contributed by atoms with van der Waals surface area (Å²) in [7, 11) is 1.88. The van der Waals surface area contributed by atoms with Crippen molar-refractivity contribution in [1.82, 2.24) is 4.90 Å². The number of hydrogen-bond acceptors (Lipinski definition) is 6. The van der Waals surface area contributed by atoms with Crippen molar-refractivity contribution in [3.63, 3.8) is 0 Å². The highest BCUT2D eigenvalue weighted by Crippen LogP contribution is 2.35. The molecular formula is C23H19N3O4. The summed E-state index contributed by atoms with van der Waals surface area (Å²) in [6, 6.07) is 18.8. The predicted octanol–water partition coefficient (Wildman–Crippen LogP) is 4.76. The largest absolute Gasteiger partial charge is 0.455 e. The van der Waals surface area contributed by atoms with E-state index in [0.29, 0.717) is 22.8 Å². The lowest BCUT2D eigenvalue weighted by Gasteiger charge is -2.22. The van der Waals surface area contributed by atoms with Gasteiger partial charge in [0, 0.05) is 30.4 Å². The SMILES string of the molecule is CC1=C(N=Cc2ccc(-c3cccc([N+](=O)[O-])c3)o2)C(=O)[C@H](c2ccccc2)N1C. The fraction of sp³-hybridized carbons (Fsp3) is 0.130. The second-order valence-corrected chi connectivity index (χ2v) is 6.99. The van der Waals surface area contributed by atoms with E-state index in [4.69, 9.17) is 4.42 Å². The summed E-state index contributed by atoms with van der Waals surface area (Å²) in [6.07, 6.45) is 1.50. The number of carbonyl (C=O) groups excluding carboxylic acids is 1. The molecule has 1 aliphatic heterocycles. The van der Waals surface area contributed by atoms with Gasteiger partial charge in [0.25, 0.3) is 5.69 Å². The maximum atomic E-state index is 13.0. The number of allylic oxidation sites excluding steroid dienone is 1. The third-order valence-electron chi connectivity index (χ3n) is 5.15. The van der Waals surface area contributed by atoms with Gasteiger partial charge in [-0.1, -0.05) is 42.5 Å². The molecule has 2 heterocycles. The molecule has 0 N–H and O–H groups in total. The highest BCUT2D eigenvalue weighted by molar-refractivity contribution is 6.04. The zero-order valence-corrected chi connectivity index (χ0v) is 16.5. The number of non-ortho nitro benzene ring substituents is 1. The molecule has 2 aromatic carbocycles. The van der Waals surface area contributed by atoms with E-state index in [1.807, 2.05) is 49.2 Å². The molecule has 0 saturated carbocycles. The van der Waals surface area contributed by atoms with Gasteiger partial charge in [-0.05, 0) is 24.6 Å². The summed E-state index contributed by atoms with van der Waals surface area (Å²) in [6.45, 7) is 1.87. The van der Waals surface area contributed by atoms with Gasteiger partial charge in [-0.2, -0.15) is 0 Å². The van der Waals surface area contributed by atoms with Gasteiger partial charge in [0.15, 0.2) is 0 Å². The number of carbonyl (C=O) groups is 1. The van der Waals surface area contributed by atoms with E-state index in [2.05, 4.69) is 4.99 Å². The number of nitro groups is 1. The van der Waals surface area contributed by atoms with Crippen molar-refractivity contribution in [2.24, 2.45) is 4.99 Å². The fourth-order valence-corrected chi connectivity index (χ4v) is 3.49. The number of furan rings is 1. The minimum atomic E-state index is -0.449. The maximum Gasteiger partial charge on any atom is 0.270 e. The highest BCUT2D eigenvalue weighted by Gasteiger charge is 2.36. The summed E-state index contributed by atoms with van der Waals surface area (Å²) in [5.41, 5.74) is 2.68. The van der Waals surface area contributed by atoms with Crippen LogP contribution in [0.1, 0.15) is 24.3 Å². The number of rotatable bonds is 5. The Kier molecular flexibility index (Phi) is 5.02. The van der Waals surface area contributed by atoms with Crippen molar-refractivity contribution >= 4 is 17.7 Å². The number of nitro benzene ring substituents is 1. The van der Waals surface area contributed by atoms with Gasteiger partial charge in [-0.3, -0.25) is 14.9 Å². The Labute approximate surface area is 173 Å². The van der Waals surface area contributed by atoms with Gasteiger partial charge in [0.1, 0.15) is 23.3 Å². The van der Waals surface area contributed by atoms with Crippen LogP contribution in [0.4, 0.5) is 5.69 Å². The van der Waals surface area contributed by atoms with Gasteiger partial charge >= 0.3 is 0 Å². The minimum Gasteiger partial charge on any atom is -0.455 e. The Morgan fingerprint density at radius 2 is 1.87 bits per heavy atom. The lowest BCUT2D eigenvalue weighted by molar-refractivity contribution is -0.384. The topological polar surface area (TPSA) is 89.0 Å². The van der Waals surface area contributed by atoms with Crippen LogP contribution in [0.15, 0.2) is 87.5 Å². The van der Waals surface area contributed by atoms with Crippen LogP contribution in [0.25, 0.3) is 11.3 Å². The normalized spacial score (nSPS) is 16.7. The molecule has 7 heteroatoms. The van der Waals surface area contributed by atoms with Crippen LogP contribution < -0.4 is 0 Å². The summed E-state index contributed by atoms with van der Waals surface area (Å²) >= 11 is 0. The molecule has 150 valence electrons. The number of aliphatic imine (C=N–C) groups is 1. The molecule has 1 aliphatic rings. The smallest absolute Gasteiger partial charge is 0.270 e. The summed E-state index contributed by atoms with van der Waals surface area (Å²) in [5.74, 6) is 0.876. The van der Waals surface area contributed by atoms with Crippen LogP contribution in [0.3, 0.4) is 0 Å². The van der Waals surface area contributed by atoms with E-state index < -0.39 is 11.0 Å². The molecule has 0 fully saturated rings. The number of ketones is 1. The summed E-state index contributed by atoms with van der Waals surface area (Å²) in [4.78, 5) is 29.8. The average Bonchev–Trinajstić information content (AvgIpc) is 3.31. The second-order valence-electron chi connectivity index (χ2n) is 6.99. The molecule has 0 saturated heterocycles. The monoisotopic (exact) mass is 401 g/mol. The Morgan fingerprint density at radius 3 is 2.60 bits per heavy atom. The molecule has 7 nitrogen and oxygen atoms in total. The number of likely N-dealkylation sites (N-methyl/N-ethyl adjacent to an activating group) is 1. The first-order chi connectivity index (χ1) is 14.5. The third kappa shape index (κ3) is 3.53. The van der Waals surface area contributed by atoms with Crippen molar-refractivity contribution in [3.8, 4) is 11.3 Å². The van der Waals surface area contributed by atoms with E-state index in [-0.39, 0.29) is 11.5 Å². The quantitative estimate of drug-likeness (QED) is 0.349. The number of Topliss-reactive ketones (excluding diaryl/α,β-unsaturated/α-hetero) is 1. The first kappa shape index (κ1) is 19.3. The van der Waals surface area contributed by atoms with Crippen LogP contribution in [0.5, 0.6) is 0 Å². The molecule has 30 heavy (non-hydrogen) atoms. The van der Waals surface area contributed by atoms with Gasteiger partial charge in [0.05, 0.1) is 11.1 Å². The van der Waals surface area contributed by atoms with Gasteiger partial charge < -0.3 is 9.32 Å². The average molecular weight is 401 g/mol. The molecule has 3 aromatic rings.